The molecule has 108 valence electrons. The minimum atomic E-state index is -0.290. The molecule has 0 aliphatic heterocycles. The number of amides is 1. The largest absolute Gasteiger partial charge is 0.377 e. The lowest BCUT2D eigenvalue weighted by Crippen LogP contribution is -2.21. The van der Waals surface area contributed by atoms with Crippen LogP contribution in [0.2, 0.25) is 5.02 Å². The van der Waals surface area contributed by atoms with E-state index in [9.17, 15) is 4.79 Å². The molecule has 0 aromatic heterocycles. The summed E-state index contributed by atoms with van der Waals surface area (Å²) in [6.07, 6.45) is 0. The Bertz CT molecular complexity index is 646. The van der Waals surface area contributed by atoms with Crippen LogP contribution in [0.3, 0.4) is 0 Å². The quantitative estimate of drug-likeness (QED) is 0.516. The standard InChI is InChI=1S/C15H14ClN3OS/c16-13-8-4-5-11(9-13)10-21-15(17)19-18-14(20)12-6-2-1-3-7-12/h1-9H,10H2,(H2,17,19)(H,18,20). The zero-order valence-corrected chi connectivity index (χ0v) is 12.7. The van der Waals surface area contributed by atoms with Crippen LogP contribution in [-0.2, 0) is 5.75 Å². The van der Waals surface area contributed by atoms with Gasteiger partial charge in [0.1, 0.15) is 0 Å². The molecule has 0 saturated carbocycles. The third-order valence-electron chi connectivity index (χ3n) is 2.58. The summed E-state index contributed by atoms with van der Waals surface area (Å²) in [5, 5.41) is 4.84. The molecule has 6 heteroatoms. The summed E-state index contributed by atoms with van der Waals surface area (Å²) in [4.78, 5) is 11.8. The van der Waals surface area contributed by atoms with Gasteiger partial charge in [0.2, 0.25) is 0 Å². The molecular formula is C15H14ClN3OS. The fourth-order valence-corrected chi connectivity index (χ4v) is 2.39. The number of thioether (sulfide) groups is 1. The number of carbonyl (C=O) groups is 1. The van der Waals surface area contributed by atoms with Gasteiger partial charge in [-0.3, -0.25) is 4.79 Å². The molecule has 4 nitrogen and oxygen atoms in total. The molecule has 0 bridgehead atoms. The molecule has 0 unspecified atom stereocenters. The minimum absolute atomic E-state index is 0.290. The lowest BCUT2D eigenvalue weighted by atomic mass is 10.2. The van der Waals surface area contributed by atoms with E-state index in [0.29, 0.717) is 21.5 Å². The van der Waals surface area contributed by atoms with Gasteiger partial charge in [0.05, 0.1) is 0 Å². The fourth-order valence-electron chi connectivity index (χ4n) is 1.58. The Balaban J connectivity index is 1.86. The highest BCUT2D eigenvalue weighted by Gasteiger charge is 2.03. The third-order valence-corrected chi connectivity index (χ3v) is 3.68. The van der Waals surface area contributed by atoms with Gasteiger partial charge in [-0.15, -0.1) is 5.10 Å². The van der Waals surface area contributed by atoms with Crippen molar-refractivity contribution in [2.24, 2.45) is 10.8 Å². The van der Waals surface area contributed by atoms with E-state index in [1.807, 2.05) is 30.3 Å². The van der Waals surface area contributed by atoms with Crippen LogP contribution in [0.5, 0.6) is 0 Å². The molecule has 0 aliphatic rings. The van der Waals surface area contributed by atoms with Crippen molar-refractivity contribution in [3.8, 4) is 0 Å². The second kappa shape index (κ2) is 7.71. The van der Waals surface area contributed by atoms with Crippen LogP contribution < -0.4 is 11.2 Å². The molecule has 0 heterocycles. The predicted molar refractivity (Wildman–Crippen MR) is 88.3 cm³/mol. The number of nitrogens with two attached hydrogens (primary N) is 1. The number of carbonyl (C=O) groups excluding carboxylic acids is 1. The van der Waals surface area contributed by atoms with Crippen molar-refractivity contribution in [2.75, 3.05) is 0 Å². The first-order chi connectivity index (χ1) is 10.1. The fraction of sp³-hybridized carbons (Fsp3) is 0.0667. The number of hydrazone groups is 1. The van der Waals surface area contributed by atoms with Gasteiger partial charge in [-0.05, 0) is 29.8 Å². The average Bonchev–Trinajstić information content (AvgIpc) is 2.51. The second-order valence-corrected chi connectivity index (χ2v) is 5.61. The van der Waals surface area contributed by atoms with Crippen LogP contribution in [0.1, 0.15) is 15.9 Å². The first-order valence-electron chi connectivity index (χ1n) is 6.21. The topological polar surface area (TPSA) is 67.5 Å². The van der Waals surface area contributed by atoms with E-state index in [4.69, 9.17) is 17.3 Å². The molecule has 0 atom stereocenters. The van der Waals surface area contributed by atoms with E-state index in [1.54, 1.807) is 24.3 Å². The van der Waals surface area contributed by atoms with Crippen molar-refractivity contribution in [1.29, 1.82) is 0 Å². The highest BCUT2D eigenvalue weighted by atomic mass is 35.5. The Morgan fingerprint density at radius 2 is 1.95 bits per heavy atom. The number of benzene rings is 2. The molecule has 2 aromatic rings. The molecule has 2 aromatic carbocycles. The van der Waals surface area contributed by atoms with Crippen LogP contribution in [0.4, 0.5) is 0 Å². The monoisotopic (exact) mass is 319 g/mol. The van der Waals surface area contributed by atoms with Crippen LogP contribution in [0.15, 0.2) is 59.7 Å². The smallest absolute Gasteiger partial charge is 0.271 e. The maximum Gasteiger partial charge on any atom is 0.271 e. The van der Waals surface area contributed by atoms with Crippen LogP contribution >= 0.6 is 23.4 Å². The summed E-state index contributed by atoms with van der Waals surface area (Å²) >= 11 is 7.23. The summed E-state index contributed by atoms with van der Waals surface area (Å²) in [6.45, 7) is 0. The lowest BCUT2D eigenvalue weighted by Gasteiger charge is -2.03. The number of amidine groups is 1. The van der Waals surface area contributed by atoms with E-state index < -0.39 is 0 Å². The minimum Gasteiger partial charge on any atom is -0.377 e. The SMILES string of the molecule is N/C(=N\NC(=O)c1ccccc1)SCc1cccc(Cl)c1. The molecule has 0 aliphatic carbocycles. The number of nitrogens with zero attached hydrogens (tertiary/aromatic N) is 1. The first kappa shape index (κ1) is 15.4. The number of hydrogen-bond acceptors (Lipinski definition) is 3. The molecule has 0 spiro atoms. The Kier molecular flexibility index (Phi) is 5.66. The molecule has 0 fully saturated rings. The van der Waals surface area contributed by atoms with E-state index >= 15 is 0 Å². The third kappa shape index (κ3) is 5.13. The van der Waals surface area contributed by atoms with Gasteiger partial charge in [-0.2, -0.15) is 0 Å². The van der Waals surface area contributed by atoms with E-state index in [-0.39, 0.29) is 5.91 Å². The van der Waals surface area contributed by atoms with Gasteiger partial charge >= 0.3 is 0 Å². The van der Waals surface area contributed by atoms with Gasteiger partial charge in [0.25, 0.3) is 5.91 Å². The van der Waals surface area contributed by atoms with Gasteiger partial charge in [-0.25, -0.2) is 5.43 Å². The van der Waals surface area contributed by atoms with Crippen molar-refractivity contribution in [3.63, 3.8) is 0 Å². The van der Waals surface area contributed by atoms with Crippen molar-refractivity contribution >= 4 is 34.4 Å². The molecule has 3 N–H and O–H groups in total. The molecule has 2 rings (SSSR count). The Morgan fingerprint density at radius 1 is 1.19 bits per heavy atom. The van der Waals surface area contributed by atoms with Crippen molar-refractivity contribution in [1.82, 2.24) is 5.43 Å². The molecule has 21 heavy (non-hydrogen) atoms. The van der Waals surface area contributed by atoms with Crippen molar-refractivity contribution in [2.45, 2.75) is 5.75 Å². The maximum absolute atomic E-state index is 11.8. The van der Waals surface area contributed by atoms with Crippen LogP contribution in [0.25, 0.3) is 0 Å². The van der Waals surface area contributed by atoms with Gasteiger partial charge < -0.3 is 5.73 Å². The highest BCUT2D eigenvalue weighted by Crippen LogP contribution is 2.16. The average molecular weight is 320 g/mol. The zero-order chi connectivity index (χ0) is 15.1. The van der Waals surface area contributed by atoms with E-state index in [0.717, 1.165) is 5.56 Å². The summed E-state index contributed by atoms with van der Waals surface area (Å²) < 4.78 is 0. The highest BCUT2D eigenvalue weighted by molar-refractivity contribution is 8.13. The van der Waals surface area contributed by atoms with E-state index in [1.165, 1.54) is 11.8 Å². The summed E-state index contributed by atoms with van der Waals surface area (Å²) in [7, 11) is 0. The predicted octanol–water partition coefficient (Wildman–Crippen LogP) is 3.23. The molecular weight excluding hydrogens is 306 g/mol. The lowest BCUT2D eigenvalue weighted by molar-refractivity contribution is 0.0955. The molecule has 0 radical (unpaired) electrons. The zero-order valence-electron chi connectivity index (χ0n) is 11.1. The molecule has 1 amide bonds. The number of nitrogens with one attached hydrogen (secondary N) is 1. The Morgan fingerprint density at radius 3 is 2.67 bits per heavy atom. The van der Waals surface area contributed by atoms with Crippen molar-refractivity contribution < 1.29 is 4.79 Å². The van der Waals surface area contributed by atoms with Gasteiger partial charge in [0, 0.05) is 16.3 Å². The summed E-state index contributed by atoms with van der Waals surface area (Å²) in [6, 6.07) is 16.3. The first-order valence-corrected chi connectivity index (χ1v) is 7.57. The molecule has 0 saturated heterocycles. The van der Waals surface area contributed by atoms with Gasteiger partial charge in [0.15, 0.2) is 5.17 Å². The van der Waals surface area contributed by atoms with Gasteiger partial charge in [-0.1, -0.05) is 53.7 Å². The normalized spacial score (nSPS) is 11.2. The van der Waals surface area contributed by atoms with E-state index in [2.05, 4.69) is 10.5 Å². The number of hydrogen-bond donors (Lipinski definition) is 2. The maximum atomic E-state index is 11.8. The van der Waals surface area contributed by atoms with Crippen LogP contribution in [0, 0.1) is 0 Å². The Hall–Kier alpha value is -1.98. The number of rotatable bonds is 4. The second-order valence-electron chi connectivity index (χ2n) is 4.18. The Labute approximate surface area is 132 Å². The van der Waals surface area contributed by atoms with Crippen LogP contribution in [-0.4, -0.2) is 11.1 Å². The number of halogens is 1. The van der Waals surface area contributed by atoms with Crippen molar-refractivity contribution in [3.05, 3.63) is 70.7 Å². The summed E-state index contributed by atoms with van der Waals surface area (Å²) in [5.74, 6) is 0.346. The summed E-state index contributed by atoms with van der Waals surface area (Å²) in [5.41, 5.74) is 9.75.